The first-order chi connectivity index (χ1) is 9.16. The first-order valence-corrected chi connectivity index (χ1v) is 6.34. The molecular formula is C12H10N4O2S. The van der Waals surface area contributed by atoms with Gasteiger partial charge in [-0.3, -0.25) is 4.40 Å². The molecule has 0 aliphatic heterocycles. The highest BCUT2D eigenvalue weighted by Gasteiger charge is 2.20. The number of aromatic carboxylic acids is 1. The zero-order chi connectivity index (χ0) is 13.4. The molecule has 3 heterocycles. The number of rotatable bonds is 3. The second kappa shape index (κ2) is 4.43. The molecule has 1 N–H and O–H groups in total. The van der Waals surface area contributed by atoms with Gasteiger partial charge < -0.3 is 9.67 Å². The molecular weight excluding hydrogens is 264 g/mol. The Bertz CT molecular complexity index is 762. The van der Waals surface area contributed by atoms with E-state index in [1.807, 2.05) is 17.7 Å². The lowest BCUT2D eigenvalue weighted by atomic mass is 10.4. The summed E-state index contributed by atoms with van der Waals surface area (Å²) >= 11 is 1.24. The number of hydrogen-bond acceptors (Lipinski definition) is 4. The van der Waals surface area contributed by atoms with Crippen molar-refractivity contribution in [3.63, 3.8) is 0 Å². The van der Waals surface area contributed by atoms with Crippen molar-refractivity contribution in [2.24, 2.45) is 7.05 Å². The fraction of sp³-hybridized carbons (Fsp3) is 0.0833. The molecule has 0 unspecified atom stereocenters. The highest BCUT2D eigenvalue weighted by Crippen LogP contribution is 2.29. The smallest absolute Gasteiger partial charge is 0.355 e. The Hall–Kier alpha value is -2.28. The monoisotopic (exact) mass is 274 g/mol. The second-order valence-corrected chi connectivity index (χ2v) is 4.88. The van der Waals surface area contributed by atoms with Gasteiger partial charge in [-0.25, -0.2) is 14.8 Å². The predicted octanol–water partition coefficient (Wildman–Crippen LogP) is 1.92. The number of pyridine rings is 1. The highest BCUT2D eigenvalue weighted by molar-refractivity contribution is 7.99. The van der Waals surface area contributed by atoms with E-state index in [2.05, 4.69) is 9.97 Å². The summed E-state index contributed by atoms with van der Waals surface area (Å²) < 4.78 is 3.38. The van der Waals surface area contributed by atoms with Crippen LogP contribution in [0.15, 0.2) is 47.0 Å². The lowest BCUT2D eigenvalue weighted by Gasteiger charge is -2.00. The number of hydrogen-bond donors (Lipinski definition) is 1. The zero-order valence-corrected chi connectivity index (χ0v) is 10.8. The predicted molar refractivity (Wildman–Crippen MR) is 69.5 cm³/mol. The molecule has 7 heteroatoms. The van der Waals surface area contributed by atoms with Gasteiger partial charge in [0.15, 0.2) is 10.9 Å². The summed E-state index contributed by atoms with van der Waals surface area (Å²) in [7, 11) is 1.85. The van der Waals surface area contributed by atoms with Crippen molar-refractivity contribution in [1.29, 1.82) is 0 Å². The number of imidazole rings is 2. The molecule has 3 rings (SSSR count). The highest BCUT2D eigenvalue weighted by atomic mass is 32.2. The minimum absolute atomic E-state index is 0.156. The second-order valence-electron chi connectivity index (χ2n) is 3.92. The molecule has 0 radical (unpaired) electrons. The van der Waals surface area contributed by atoms with Crippen molar-refractivity contribution < 1.29 is 9.90 Å². The fourth-order valence-electron chi connectivity index (χ4n) is 1.78. The topological polar surface area (TPSA) is 72.4 Å². The van der Waals surface area contributed by atoms with Crippen LogP contribution in [0, 0.1) is 0 Å². The Labute approximate surface area is 112 Å². The molecule has 19 heavy (non-hydrogen) atoms. The van der Waals surface area contributed by atoms with Gasteiger partial charge in [0, 0.05) is 25.6 Å². The van der Waals surface area contributed by atoms with Gasteiger partial charge in [0.2, 0.25) is 0 Å². The fourth-order valence-corrected chi connectivity index (χ4v) is 2.69. The average molecular weight is 274 g/mol. The minimum atomic E-state index is -1.00. The van der Waals surface area contributed by atoms with Gasteiger partial charge >= 0.3 is 5.97 Å². The largest absolute Gasteiger partial charge is 0.476 e. The molecule has 0 amide bonds. The molecule has 0 saturated heterocycles. The van der Waals surface area contributed by atoms with Gasteiger partial charge in [-0.2, -0.15) is 0 Å². The molecule has 0 spiro atoms. The lowest BCUT2D eigenvalue weighted by Crippen LogP contribution is -2.03. The van der Waals surface area contributed by atoms with E-state index in [9.17, 15) is 9.90 Å². The maximum Gasteiger partial charge on any atom is 0.355 e. The maximum absolute atomic E-state index is 11.4. The van der Waals surface area contributed by atoms with Crippen LogP contribution >= 0.6 is 11.8 Å². The van der Waals surface area contributed by atoms with Crippen LogP contribution in [0.2, 0.25) is 0 Å². The Morgan fingerprint density at radius 1 is 1.37 bits per heavy atom. The number of aryl methyl sites for hydroxylation is 1. The van der Waals surface area contributed by atoms with Crippen molar-refractivity contribution in [2.75, 3.05) is 0 Å². The zero-order valence-electron chi connectivity index (χ0n) is 10.0. The van der Waals surface area contributed by atoms with E-state index in [1.54, 1.807) is 35.1 Å². The van der Waals surface area contributed by atoms with Crippen LogP contribution in [0.1, 0.15) is 10.5 Å². The van der Waals surface area contributed by atoms with E-state index in [1.165, 1.54) is 11.8 Å². The van der Waals surface area contributed by atoms with Crippen molar-refractivity contribution in [1.82, 2.24) is 18.9 Å². The van der Waals surface area contributed by atoms with Crippen LogP contribution in [-0.2, 0) is 7.05 Å². The molecule has 6 nitrogen and oxygen atoms in total. The van der Waals surface area contributed by atoms with E-state index in [4.69, 9.17) is 0 Å². The van der Waals surface area contributed by atoms with Gasteiger partial charge in [-0.05, 0) is 23.9 Å². The Kier molecular flexibility index (Phi) is 2.75. The number of carboxylic acids is 1. The van der Waals surface area contributed by atoms with Crippen molar-refractivity contribution in [2.45, 2.75) is 10.2 Å². The molecule has 0 aliphatic rings. The van der Waals surface area contributed by atoms with Crippen LogP contribution in [0.3, 0.4) is 0 Å². The van der Waals surface area contributed by atoms with Crippen molar-refractivity contribution >= 4 is 23.4 Å². The Balaban J connectivity index is 2.15. The van der Waals surface area contributed by atoms with Crippen LogP contribution in [0.5, 0.6) is 0 Å². The summed E-state index contributed by atoms with van der Waals surface area (Å²) in [6.45, 7) is 0. The third-order valence-corrected chi connectivity index (χ3v) is 3.72. The van der Waals surface area contributed by atoms with Gasteiger partial charge in [0.1, 0.15) is 10.7 Å². The van der Waals surface area contributed by atoms with Crippen LogP contribution < -0.4 is 0 Å². The summed E-state index contributed by atoms with van der Waals surface area (Å²) in [5.41, 5.74) is 0.764. The first-order valence-electron chi connectivity index (χ1n) is 5.52. The van der Waals surface area contributed by atoms with Crippen LogP contribution in [0.4, 0.5) is 0 Å². The number of nitrogens with zero attached hydrogens (tertiary/aromatic N) is 4. The molecule has 0 aromatic carbocycles. The standard InChI is InChI=1S/C12H10N4O2S/c1-15-7-5-13-12(15)19-10-9(11(17)18)16-6-3-2-4-8(16)14-10/h2-7H,1H3,(H,17,18). The van der Waals surface area contributed by atoms with Crippen LogP contribution in [-0.4, -0.2) is 30.0 Å². The average Bonchev–Trinajstić information content (AvgIpc) is 2.93. The molecule has 0 atom stereocenters. The van der Waals surface area contributed by atoms with Gasteiger partial charge in [-0.1, -0.05) is 6.07 Å². The molecule has 0 saturated carbocycles. The summed E-state index contributed by atoms with van der Waals surface area (Å²) in [6.07, 6.45) is 5.16. The van der Waals surface area contributed by atoms with E-state index >= 15 is 0 Å². The molecule has 0 aliphatic carbocycles. The summed E-state index contributed by atoms with van der Waals surface area (Å²) in [4.78, 5) is 19.9. The lowest BCUT2D eigenvalue weighted by molar-refractivity contribution is 0.0685. The third-order valence-electron chi connectivity index (χ3n) is 2.67. The van der Waals surface area contributed by atoms with Gasteiger partial charge in [-0.15, -0.1) is 0 Å². The number of aromatic nitrogens is 4. The maximum atomic E-state index is 11.4. The summed E-state index contributed by atoms with van der Waals surface area (Å²) in [5.74, 6) is -1.00. The molecule has 3 aromatic heterocycles. The van der Waals surface area contributed by atoms with E-state index in [-0.39, 0.29) is 5.69 Å². The Morgan fingerprint density at radius 2 is 2.21 bits per heavy atom. The van der Waals surface area contributed by atoms with Gasteiger partial charge in [0.05, 0.1) is 0 Å². The minimum Gasteiger partial charge on any atom is -0.476 e. The van der Waals surface area contributed by atoms with E-state index in [0.29, 0.717) is 15.8 Å². The summed E-state index contributed by atoms with van der Waals surface area (Å²) in [6, 6.07) is 5.37. The van der Waals surface area contributed by atoms with E-state index in [0.717, 1.165) is 0 Å². The molecule has 3 aromatic rings. The Morgan fingerprint density at radius 3 is 2.89 bits per heavy atom. The van der Waals surface area contributed by atoms with Gasteiger partial charge in [0.25, 0.3) is 0 Å². The summed E-state index contributed by atoms with van der Waals surface area (Å²) in [5, 5.41) is 10.5. The molecule has 0 bridgehead atoms. The first kappa shape index (κ1) is 11.8. The third kappa shape index (κ3) is 1.97. The SMILES string of the molecule is Cn1ccnc1Sc1nc2ccccn2c1C(=O)O. The van der Waals surface area contributed by atoms with Crippen molar-refractivity contribution in [3.8, 4) is 0 Å². The number of carboxylic acid groups (broad SMARTS) is 1. The number of fused-ring (bicyclic) bond motifs is 1. The molecule has 0 fully saturated rings. The number of carbonyl (C=O) groups is 1. The quantitative estimate of drug-likeness (QED) is 0.790. The van der Waals surface area contributed by atoms with Crippen molar-refractivity contribution in [3.05, 3.63) is 42.5 Å². The van der Waals surface area contributed by atoms with Crippen LogP contribution in [0.25, 0.3) is 5.65 Å². The van der Waals surface area contributed by atoms with E-state index < -0.39 is 5.97 Å². The normalized spacial score (nSPS) is 11.0. The molecule has 96 valence electrons.